The molecule has 0 fully saturated rings. The number of hydrogen-bond donors (Lipinski definition) is 2. The molecule has 31 heavy (non-hydrogen) atoms. The molecule has 1 aromatic heterocycles. The molecule has 0 radical (unpaired) electrons. The van der Waals surface area contributed by atoms with Gasteiger partial charge in [0.2, 0.25) is 0 Å². The molecule has 2 aromatic carbocycles. The summed E-state index contributed by atoms with van der Waals surface area (Å²) in [5.74, 6) is 0.891. The van der Waals surface area contributed by atoms with E-state index in [2.05, 4.69) is 15.6 Å². The van der Waals surface area contributed by atoms with E-state index in [1.54, 1.807) is 6.92 Å². The number of ether oxygens (including phenoxy) is 2. The molecule has 160 valence electrons. The number of nitrogens with one attached hydrogen (secondary N) is 2. The largest absolute Gasteiger partial charge is 0.483 e. The van der Waals surface area contributed by atoms with Gasteiger partial charge in [-0.05, 0) is 57.0 Å². The molecule has 0 saturated carbocycles. The van der Waals surface area contributed by atoms with Crippen molar-refractivity contribution in [3.63, 3.8) is 0 Å². The Hall–Kier alpha value is -3.39. The van der Waals surface area contributed by atoms with Crippen LogP contribution < -0.4 is 20.1 Å². The number of para-hydroxylation sites is 1. The van der Waals surface area contributed by atoms with Crippen LogP contribution in [0, 0.1) is 20.8 Å². The van der Waals surface area contributed by atoms with Crippen molar-refractivity contribution in [2.24, 2.45) is 0 Å². The zero-order valence-corrected chi connectivity index (χ0v) is 18.6. The molecule has 7 nitrogen and oxygen atoms in total. The maximum atomic E-state index is 12.4. The van der Waals surface area contributed by atoms with Gasteiger partial charge in [0.25, 0.3) is 11.8 Å². The van der Waals surface area contributed by atoms with Gasteiger partial charge in [-0.2, -0.15) is 0 Å². The van der Waals surface area contributed by atoms with Crippen LogP contribution in [0.1, 0.15) is 22.9 Å². The van der Waals surface area contributed by atoms with Crippen molar-refractivity contribution >= 4 is 34.0 Å². The van der Waals surface area contributed by atoms with Crippen LogP contribution in [0.2, 0.25) is 0 Å². The SMILES string of the molecule is Cc1cccc(C)c1OCC(=O)Nc1nc(-c2ccc3c(c2)NC(=O)C(C)O3)c(C)s1. The number of aryl methyl sites for hydroxylation is 3. The van der Waals surface area contributed by atoms with Crippen molar-refractivity contribution in [1.29, 1.82) is 0 Å². The molecule has 0 aliphatic carbocycles. The number of carbonyl (C=O) groups excluding carboxylic acids is 2. The van der Waals surface area contributed by atoms with E-state index in [4.69, 9.17) is 9.47 Å². The summed E-state index contributed by atoms with van der Waals surface area (Å²) in [6, 6.07) is 11.4. The summed E-state index contributed by atoms with van der Waals surface area (Å²) < 4.78 is 11.3. The molecular formula is C23H23N3O4S. The molecule has 2 heterocycles. The van der Waals surface area contributed by atoms with Crippen LogP contribution in [-0.4, -0.2) is 29.5 Å². The third-order valence-corrected chi connectivity index (χ3v) is 5.87. The Labute approximate surface area is 184 Å². The number of nitrogens with zero attached hydrogens (tertiary/aromatic N) is 1. The Balaban J connectivity index is 1.46. The average Bonchev–Trinajstić information content (AvgIpc) is 3.08. The second-order valence-electron chi connectivity index (χ2n) is 7.44. The first-order chi connectivity index (χ1) is 14.8. The van der Waals surface area contributed by atoms with Gasteiger partial charge >= 0.3 is 0 Å². The minimum Gasteiger partial charge on any atom is -0.483 e. The number of benzene rings is 2. The van der Waals surface area contributed by atoms with E-state index in [0.717, 1.165) is 33.0 Å². The summed E-state index contributed by atoms with van der Waals surface area (Å²) in [4.78, 5) is 29.8. The molecule has 0 bridgehead atoms. The lowest BCUT2D eigenvalue weighted by atomic mass is 10.1. The minimum absolute atomic E-state index is 0.0972. The molecule has 1 aliphatic heterocycles. The van der Waals surface area contributed by atoms with Crippen molar-refractivity contribution < 1.29 is 19.1 Å². The summed E-state index contributed by atoms with van der Waals surface area (Å²) in [5.41, 5.74) is 4.15. The molecule has 8 heteroatoms. The number of thiazole rings is 1. The fourth-order valence-corrected chi connectivity index (χ4v) is 4.25. The Kier molecular flexibility index (Phi) is 5.65. The van der Waals surface area contributed by atoms with Gasteiger partial charge in [0.1, 0.15) is 11.5 Å². The number of hydrogen-bond acceptors (Lipinski definition) is 6. The van der Waals surface area contributed by atoms with E-state index in [-0.39, 0.29) is 18.4 Å². The predicted molar refractivity (Wildman–Crippen MR) is 121 cm³/mol. The van der Waals surface area contributed by atoms with Crippen LogP contribution in [0.3, 0.4) is 0 Å². The number of amides is 2. The number of fused-ring (bicyclic) bond motifs is 1. The van der Waals surface area contributed by atoms with Gasteiger partial charge in [-0.25, -0.2) is 4.98 Å². The van der Waals surface area contributed by atoms with Gasteiger partial charge in [-0.15, -0.1) is 11.3 Å². The predicted octanol–water partition coefficient (Wildman–Crippen LogP) is 4.47. The van der Waals surface area contributed by atoms with Crippen LogP contribution in [0.15, 0.2) is 36.4 Å². The molecule has 4 rings (SSSR count). The summed E-state index contributed by atoms with van der Waals surface area (Å²) >= 11 is 1.39. The van der Waals surface area contributed by atoms with Crippen LogP contribution in [0.4, 0.5) is 10.8 Å². The van der Waals surface area contributed by atoms with Crippen LogP contribution in [0.25, 0.3) is 11.3 Å². The van der Waals surface area contributed by atoms with Crippen molar-refractivity contribution in [1.82, 2.24) is 4.98 Å². The summed E-state index contributed by atoms with van der Waals surface area (Å²) in [5, 5.41) is 6.15. The fourth-order valence-electron chi connectivity index (χ4n) is 3.39. The van der Waals surface area contributed by atoms with E-state index in [1.807, 2.05) is 57.2 Å². The van der Waals surface area contributed by atoms with E-state index in [1.165, 1.54) is 11.3 Å². The van der Waals surface area contributed by atoms with Gasteiger partial charge in [0, 0.05) is 10.4 Å². The zero-order chi connectivity index (χ0) is 22.1. The highest BCUT2D eigenvalue weighted by Gasteiger charge is 2.24. The van der Waals surface area contributed by atoms with Gasteiger partial charge in [0.05, 0.1) is 11.4 Å². The summed E-state index contributed by atoms with van der Waals surface area (Å²) in [6.45, 7) is 7.44. The molecule has 2 N–H and O–H groups in total. The maximum Gasteiger partial charge on any atom is 0.265 e. The normalized spacial score (nSPS) is 15.0. The van der Waals surface area contributed by atoms with E-state index in [9.17, 15) is 9.59 Å². The fraction of sp³-hybridized carbons (Fsp3) is 0.261. The molecule has 1 aliphatic rings. The summed E-state index contributed by atoms with van der Waals surface area (Å²) in [7, 11) is 0. The number of aromatic nitrogens is 1. The van der Waals surface area contributed by atoms with Gasteiger partial charge < -0.3 is 14.8 Å². The highest BCUT2D eigenvalue weighted by atomic mass is 32.1. The highest BCUT2D eigenvalue weighted by Crippen LogP contribution is 2.37. The third kappa shape index (κ3) is 4.39. The third-order valence-electron chi connectivity index (χ3n) is 4.98. The second-order valence-corrected chi connectivity index (χ2v) is 8.65. The quantitative estimate of drug-likeness (QED) is 0.615. The topological polar surface area (TPSA) is 89.5 Å². The van der Waals surface area contributed by atoms with E-state index in [0.29, 0.717) is 16.6 Å². The Morgan fingerprint density at radius 2 is 1.97 bits per heavy atom. The van der Waals surface area contributed by atoms with Crippen LogP contribution in [0.5, 0.6) is 11.5 Å². The monoisotopic (exact) mass is 437 g/mol. The van der Waals surface area contributed by atoms with E-state index >= 15 is 0 Å². The molecule has 0 saturated heterocycles. The van der Waals surface area contributed by atoms with Crippen LogP contribution in [-0.2, 0) is 9.59 Å². The lowest BCUT2D eigenvalue weighted by Crippen LogP contribution is -2.34. The Morgan fingerprint density at radius 3 is 2.71 bits per heavy atom. The van der Waals surface area contributed by atoms with Gasteiger partial charge in [-0.1, -0.05) is 18.2 Å². The zero-order valence-electron chi connectivity index (χ0n) is 17.7. The van der Waals surface area contributed by atoms with E-state index < -0.39 is 6.10 Å². The molecule has 1 atom stereocenters. The standard InChI is InChI=1S/C23H23N3O4S/c1-12-6-5-7-13(2)21(12)29-11-19(27)25-23-26-20(15(4)31-23)16-8-9-18-17(10-16)24-22(28)14(3)30-18/h5-10,14H,11H2,1-4H3,(H,24,28)(H,25,26,27). The van der Waals surface area contributed by atoms with Crippen molar-refractivity contribution in [2.45, 2.75) is 33.8 Å². The average molecular weight is 438 g/mol. The number of rotatable bonds is 5. The molecule has 1 unspecified atom stereocenters. The van der Waals surface area contributed by atoms with Gasteiger partial charge in [0.15, 0.2) is 17.8 Å². The first-order valence-corrected chi connectivity index (χ1v) is 10.7. The maximum absolute atomic E-state index is 12.4. The highest BCUT2D eigenvalue weighted by molar-refractivity contribution is 7.16. The Morgan fingerprint density at radius 1 is 1.23 bits per heavy atom. The first kappa shape index (κ1) is 20.9. The lowest BCUT2D eigenvalue weighted by molar-refractivity contribution is -0.122. The summed E-state index contributed by atoms with van der Waals surface area (Å²) in [6.07, 6.45) is -0.521. The molecule has 3 aromatic rings. The first-order valence-electron chi connectivity index (χ1n) is 9.90. The van der Waals surface area contributed by atoms with Crippen molar-refractivity contribution in [3.8, 4) is 22.8 Å². The minimum atomic E-state index is -0.521. The molecule has 0 spiro atoms. The Bertz CT molecular complexity index is 1150. The van der Waals surface area contributed by atoms with Crippen molar-refractivity contribution in [2.75, 3.05) is 17.2 Å². The molecule has 2 amide bonds. The van der Waals surface area contributed by atoms with Crippen molar-refractivity contribution in [3.05, 3.63) is 52.4 Å². The van der Waals surface area contributed by atoms with Gasteiger partial charge in [-0.3, -0.25) is 14.9 Å². The lowest BCUT2D eigenvalue weighted by Gasteiger charge is -2.23. The van der Waals surface area contributed by atoms with Crippen LogP contribution >= 0.6 is 11.3 Å². The number of carbonyl (C=O) groups is 2. The molecular weight excluding hydrogens is 414 g/mol. The second kappa shape index (κ2) is 8.39. The smallest absolute Gasteiger partial charge is 0.265 e. The number of anilines is 2.